The Labute approximate surface area is 713 Å². The van der Waals surface area contributed by atoms with E-state index in [1.54, 1.807) is 0 Å². The van der Waals surface area contributed by atoms with Gasteiger partial charge in [0.15, 0.2) is 0 Å². The molecule has 0 aliphatic heterocycles. The van der Waals surface area contributed by atoms with Crippen LogP contribution >= 0.6 is 0 Å². The van der Waals surface area contributed by atoms with Crippen molar-refractivity contribution in [1.82, 2.24) is 0 Å². The Bertz CT molecular complexity index is 4350. The van der Waals surface area contributed by atoms with E-state index in [0.29, 0.717) is 0 Å². The number of hydrogen-bond acceptors (Lipinski definition) is 6. The Kier molecular flexibility index (Phi) is 32.1. The summed E-state index contributed by atoms with van der Waals surface area (Å²) in [5.41, 5.74) is -4.23. The summed E-state index contributed by atoms with van der Waals surface area (Å²) in [4.78, 5) is 25.2. The minimum absolute atomic E-state index is 0.0993. The van der Waals surface area contributed by atoms with E-state index in [4.69, 9.17) is 0 Å². The fraction of sp³-hybridized carbons (Fsp3) is 0.852. The molecule has 0 bridgehead atoms. The van der Waals surface area contributed by atoms with Crippen LogP contribution in [-0.4, -0.2) is 285 Å². The maximum absolute atomic E-state index is 14.7. The molecule has 6 nitrogen and oxygen atoms in total. The summed E-state index contributed by atoms with van der Waals surface area (Å²) in [6.45, 7) is -6.20. The molecule has 0 fully saturated rings. The van der Waals surface area contributed by atoms with Crippen molar-refractivity contribution in [3.05, 3.63) is 35.4 Å². The third-order valence-electron chi connectivity index (χ3n) is 18.2. The SMILES string of the molecule is O=C(OCC(O)CC(F)(F)C(F)(F)C(F)(F)C(F)(F)C(F)(F)C(F)(F)C(F)(F)C(F)(F)C(F)(F)C(F)(F)C(F)(F)C(F)(F)C(F)(F)C(F)(F)C(F)(F)C(F)(F)C(F)(F)C(F)(F)C(F)(F)C(F)(F)F)c1ccccc1C(=O)OCC(O)CC(F)(F)C(F)(F)C(F)(F)C(F)(F)C(F)(F)C(F)(F)C(F)(F)C(F)(F)C(F)(F)C(F)(F)C(F)(F)C(F)(F)C(F)(F)C(F)(F)C(F)(F)C(F)(F)C(F)(F)C(F)(F)C(F)(F)C(F)(F)F. The number of carbonyl (C=O) groups excluding carboxylic acids is 2. The highest BCUT2D eigenvalue weighted by Crippen LogP contribution is 2.77. The van der Waals surface area contributed by atoms with Crippen molar-refractivity contribution in [2.75, 3.05) is 13.2 Å². The molecular formula is C54H16F82O6. The van der Waals surface area contributed by atoms with Gasteiger partial charge in [0, 0.05) is 12.8 Å². The third kappa shape index (κ3) is 16.4. The van der Waals surface area contributed by atoms with Crippen LogP contribution in [0.1, 0.15) is 33.6 Å². The van der Waals surface area contributed by atoms with Gasteiger partial charge in [0.25, 0.3) is 0 Å². The van der Waals surface area contributed by atoms with Crippen LogP contribution in [0.25, 0.3) is 0 Å². The number of alkyl halides is 82. The molecule has 1 rings (SSSR count). The highest BCUT2D eigenvalue weighted by Gasteiger charge is 3.08. The molecule has 0 aliphatic carbocycles. The van der Waals surface area contributed by atoms with E-state index < -0.39 is 299 Å². The molecule has 2 unspecified atom stereocenters. The first-order valence-electron chi connectivity index (χ1n) is 31.6. The molecule has 0 amide bonds. The summed E-state index contributed by atoms with van der Waals surface area (Å²) in [7, 11) is 0. The van der Waals surface area contributed by atoms with E-state index in [-0.39, 0.29) is 24.3 Å². The number of aliphatic hydroxyl groups is 2. The molecule has 1 aromatic rings. The van der Waals surface area contributed by atoms with Crippen molar-refractivity contribution in [2.24, 2.45) is 0 Å². The second-order valence-corrected chi connectivity index (χ2v) is 27.5. The molecule has 0 saturated heterocycles. The largest absolute Gasteiger partial charge is 0.460 e. The molecule has 0 aromatic heterocycles. The van der Waals surface area contributed by atoms with E-state index >= 15 is 0 Å². The van der Waals surface area contributed by atoms with Crippen LogP contribution in [-0.2, 0) is 9.47 Å². The smallest absolute Gasteiger partial charge is 0.459 e. The second kappa shape index (κ2) is 34.5. The molecule has 0 heterocycles. The van der Waals surface area contributed by atoms with Crippen LogP contribution in [0.2, 0.25) is 0 Å². The van der Waals surface area contributed by atoms with Crippen molar-refractivity contribution in [2.45, 2.75) is 262 Å². The summed E-state index contributed by atoms with van der Waals surface area (Å²) < 4.78 is 1160. The van der Waals surface area contributed by atoms with Crippen LogP contribution in [0, 0.1) is 0 Å². The Morgan fingerprint density at radius 2 is 0.261 bits per heavy atom. The Hall–Kier alpha value is -7.66. The van der Waals surface area contributed by atoms with E-state index in [9.17, 15) is 380 Å². The average Bonchev–Trinajstić information content (AvgIpc) is 0.694. The van der Waals surface area contributed by atoms with Crippen molar-refractivity contribution < 1.29 is 389 Å². The molecule has 0 radical (unpaired) electrons. The highest BCUT2D eigenvalue weighted by molar-refractivity contribution is 6.03. The standard InChI is InChI=1S/C54H16F82O6/c55-15(56,17(59,60)19(63,64)21(67,68)23(71,72)25(75,76)27(79,80)29(83,84)31(87,88)33(91,92)35(95,96)37(99,100)39(103,104)41(107,108)43(111,112)45(115,116)47(119,120)49(123,124)51(127,128)53(131,132)133)5-9(137)7-141-13(139)11-3-1-2-4-12(11)14(140)142-8-10(138)6-16(57,58)18(61,62)20(65,66)22(69,70)24(73,74)26(77,78)28(81,82)30(85,86)32(89,90)34(93,94)36(97,98)38(101,102)40(105,106)42(109,110)44(113,114)46(117,118)48(121,122)50(125,126)52(129,130)54(134,135)136/h1-4,9-10,137-138H,5-8H2. The van der Waals surface area contributed by atoms with Gasteiger partial charge in [-0.1, -0.05) is 12.1 Å². The van der Waals surface area contributed by atoms with Crippen molar-refractivity contribution in [3.8, 4) is 0 Å². The van der Waals surface area contributed by atoms with Crippen molar-refractivity contribution in [3.63, 3.8) is 0 Å². The maximum Gasteiger partial charge on any atom is 0.460 e. The molecule has 1 aromatic carbocycles. The van der Waals surface area contributed by atoms with Gasteiger partial charge in [-0.25, -0.2) is 9.59 Å². The fourth-order valence-corrected chi connectivity index (χ4v) is 9.43. The van der Waals surface area contributed by atoms with Crippen LogP contribution < -0.4 is 0 Å². The van der Waals surface area contributed by atoms with Crippen LogP contribution in [0.5, 0.6) is 0 Å². The fourth-order valence-electron chi connectivity index (χ4n) is 9.43. The second-order valence-electron chi connectivity index (χ2n) is 27.5. The molecule has 142 heavy (non-hydrogen) atoms. The molecule has 0 saturated carbocycles. The van der Waals surface area contributed by atoms with Gasteiger partial charge >= 0.3 is 249 Å². The molecule has 88 heteroatoms. The summed E-state index contributed by atoms with van der Waals surface area (Å²) in [6.07, 6.45) is -35.2. The monoisotopic (exact) mass is 2320 g/mol. The van der Waals surface area contributed by atoms with Gasteiger partial charge in [0.1, 0.15) is 13.2 Å². The minimum atomic E-state index is -11.0. The summed E-state index contributed by atoms with van der Waals surface area (Å²) >= 11 is 0. The van der Waals surface area contributed by atoms with Gasteiger partial charge in [-0.15, -0.1) is 0 Å². The molecule has 2 N–H and O–H groups in total. The predicted molar refractivity (Wildman–Crippen MR) is 268 cm³/mol. The van der Waals surface area contributed by atoms with Gasteiger partial charge in [-0.2, -0.15) is 360 Å². The summed E-state index contributed by atoms with van der Waals surface area (Å²) in [6, 6.07) is -0.347. The van der Waals surface area contributed by atoms with Gasteiger partial charge < -0.3 is 19.7 Å². The molecule has 0 aliphatic rings. The molecule has 0 spiro atoms. The number of ether oxygens (including phenoxy) is 2. The quantitative estimate of drug-likeness (QED) is 0.0499. The number of aliphatic hydroxyl groups excluding tert-OH is 2. The number of hydrogen-bond donors (Lipinski definition) is 2. The van der Waals surface area contributed by atoms with Gasteiger partial charge in [0.05, 0.1) is 23.3 Å². The van der Waals surface area contributed by atoms with Crippen molar-refractivity contribution >= 4 is 11.9 Å². The molecule has 842 valence electrons. The highest BCUT2D eigenvalue weighted by atomic mass is 19.5. The number of benzene rings is 1. The lowest BCUT2D eigenvalue weighted by molar-refractivity contribution is -0.495. The zero-order valence-corrected chi connectivity index (χ0v) is 61.8. The topological polar surface area (TPSA) is 93.1 Å². The Morgan fingerprint density at radius 3 is 0.359 bits per heavy atom. The normalized spacial score (nSPS) is 17.3. The van der Waals surface area contributed by atoms with Gasteiger partial charge in [-0.05, 0) is 12.1 Å². The van der Waals surface area contributed by atoms with Crippen LogP contribution in [0.4, 0.5) is 360 Å². The number of esters is 2. The summed E-state index contributed by atoms with van der Waals surface area (Å²) in [5.74, 6) is -399. The molecule has 2 atom stereocenters. The zero-order valence-electron chi connectivity index (χ0n) is 61.8. The van der Waals surface area contributed by atoms with E-state index in [0.717, 1.165) is 0 Å². The average molecular weight is 2320 g/mol. The zero-order chi connectivity index (χ0) is 117. The Morgan fingerprint density at radius 1 is 0.169 bits per heavy atom. The van der Waals surface area contributed by atoms with E-state index in [2.05, 4.69) is 9.47 Å². The number of carbonyl (C=O) groups is 2. The maximum atomic E-state index is 14.7. The minimum Gasteiger partial charge on any atom is -0.459 e. The third-order valence-corrected chi connectivity index (χ3v) is 18.2. The first kappa shape index (κ1) is 132. The lowest BCUT2D eigenvalue weighted by Gasteiger charge is -2.47. The van der Waals surface area contributed by atoms with Crippen LogP contribution in [0.15, 0.2) is 24.3 Å². The number of rotatable bonds is 46. The predicted octanol–water partition coefficient (Wildman–Crippen LogP) is 26.8. The van der Waals surface area contributed by atoms with Gasteiger partial charge in [0.2, 0.25) is 0 Å². The van der Waals surface area contributed by atoms with Gasteiger partial charge in [-0.3, -0.25) is 0 Å². The first-order chi connectivity index (χ1) is 60.3. The van der Waals surface area contributed by atoms with E-state index in [1.165, 1.54) is 0 Å². The summed E-state index contributed by atoms with van der Waals surface area (Å²) in [5, 5.41) is 19.2. The van der Waals surface area contributed by atoms with Crippen molar-refractivity contribution in [1.29, 1.82) is 0 Å². The van der Waals surface area contributed by atoms with Crippen LogP contribution in [0.3, 0.4) is 0 Å². The lowest BCUT2D eigenvalue weighted by atomic mass is 9.81. The molecular weight excluding hydrogens is 2300 g/mol. The van der Waals surface area contributed by atoms with E-state index in [1.807, 2.05) is 0 Å². The Balaban J connectivity index is 3.84. The first-order valence-corrected chi connectivity index (χ1v) is 31.6. The number of halogens is 82. The lowest BCUT2D eigenvalue weighted by Crippen LogP contribution is -2.80.